The number of non-ortho nitro benzene ring substituents is 1. The predicted molar refractivity (Wildman–Crippen MR) is 94.9 cm³/mol. The van der Waals surface area contributed by atoms with E-state index < -0.39 is 0 Å². The number of benzene rings is 1. The van der Waals surface area contributed by atoms with Crippen molar-refractivity contribution in [1.82, 2.24) is 0 Å². The molecule has 0 N–H and O–H groups in total. The minimum atomic E-state index is -0.355. The number of rotatable bonds is 5. The van der Waals surface area contributed by atoms with Gasteiger partial charge in [0.25, 0.3) is 5.69 Å². The molecule has 0 saturated heterocycles. The molecule has 1 saturated carbocycles. The zero-order chi connectivity index (χ0) is 15.7. The normalized spacial score (nSPS) is 23.3. The number of nitro benzene ring substituents is 1. The van der Waals surface area contributed by atoms with E-state index >= 15 is 0 Å². The van der Waals surface area contributed by atoms with Gasteiger partial charge < -0.3 is 0 Å². The van der Waals surface area contributed by atoms with E-state index in [4.69, 9.17) is 4.99 Å². The van der Waals surface area contributed by atoms with Crippen molar-refractivity contribution in [3.8, 4) is 0 Å². The summed E-state index contributed by atoms with van der Waals surface area (Å²) in [6.07, 6.45) is 5.30. The summed E-state index contributed by atoms with van der Waals surface area (Å²) < 4.78 is 0. The highest BCUT2D eigenvalue weighted by Crippen LogP contribution is 2.55. The van der Waals surface area contributed by atoms with Crippen molar-refractivity contribution in [1.29, 1.82) is 0 Å². The molecule has 1 atom stereocenters. The lowest BCUT2D eigenvalue weighted by Crippen LogP contribution is -2.22. The number of allylic oxidation sites excluding steroid dienone is 1. The van der Waals surface area contributed by atoms with E-state index in [2.05, 4.69) is 12.6 Å². The molecule has 0 radical (unpaired) electrons. The van der Waals surface area contributed by atoms with Crippen molar-refractivity contribution in [3.05, 3.63) is 50.9 Å². The van der Waals surface area contributed by atoms with E-state index in [9.17, 15) is 10.1 Å². The Morgan fingerprint density at radius 1 is 1.50 bits per heavy atom. The van der Waals surface area contributed by atoms with Crippen LogP contribution in [-0.4, -0.2) is 21.8 Å². The number of hydrogen-bond acceptors (Lipinski definition) is 5. The summed E-state index contributed by atoms with van der Waals surface area (Å²) in [7, 11) is 0. The van der Waals surface area contributed by atoms with Crippen molar-refractivity contribution < 1.29 is 4.92 Å². The zero-order valence-electron chi connectivity index (χ0n) is 12.4. The first-order chi connectivity index (χ1) is 10.5. The SMILES string of the molecule is C/C=C(\S)C1=NC(C2(Cc3ccc([N+](=O)[O-])cc3)CC2)CS1. The molecule has 6 heteroatoms. The van der Waals surface area contributed by atoms with Gasteiger partial charge in [0, 0.05) is 22.8 Å². The van der Waals surface area contributed by atoms with Crippen LogP contribution in [-0.2, 0) is 6.42 Å². The first kappa shape index (κ1) is 15.6. The average Bonchev–Trinajstić information content (AvgIpc) is 3.12. The summed E-state index contributed by atoms with van der Waals surface area (Å²) in [5, 5.41) is 11.8. The Bertz CT molecular complexity index is 649. The second kappa shape index (κ2) is 6.08. The van der Waals surface area contributed by atoms with Crippen LogP contribution in [0.15, 0.2) is 40.2 Å². The summed E-state index contributed by atoms with van der Waals surface area (Å²) in [4.78, 5) is 16.2. The third-order valence-electron chi connectivity index (χ3n) is 4.45. The number of hydrogen-bond donors (Lipinski definition) is 1. The maximum absolute atomic E-state index is 10.7. The lowest BCUT2D eigenvalue weighted by Gasteiger charge is -2.19. The molecule has 1 unspecified atom stereocenters. The molecule has 0 aromatic heterocycles. The van der Waals surface area contributed by atoms with E-state index in [-0.39, 0.29) is 16.0 Å². The van der Waals surface area contributed by atoms with Crippen LogP contribution in [0.5, 0.6) is 0 Å². The molecule has 0 bridgehead atoms. The highest BCUT2D eigenvalue weighted by atomic mass is 32.2. The van der Waals surface area contributed by atoms with Gasteiger partial charge in [-0.25, -0.2) is 0 Å². The Hall–Kier alpha value is -1.27. The summed E-state index contributed by atoms with van der Waals surface area (Å²) in [6, 6.07) is 7.27. The highest BCUT2D eigenvalue weighted by Gasteiger charge is 2.50. The Morgan fingerprint density at radius 2 is 2.18 bits per heavy atom. The molecule has 0 spiro atoms. The molecule has 3 rings (SSSR count). The number of aliphatic imine (C=N–C) groups is 1. The molecule has 22 heavy (non-hydrogen) atoms. The fourth-order valence-corrected chi connectivity index (χ4v) is 4.34. The van der Waals surface area contributed by atoms with Gasteiger partial charge in [-0.3, -0.25) is 15.1 Å². The van der Waals surface area contributed by atoms with Gasteiger partial charge in [-0.1, -0.05) is 18.2 Å². The highest BCUT2D eigenvalue weighted by molar-refractivity contribution is 8.16. The standard InChI is InChI=1S/C16H18N2O2S2/c1-2-13(21)15-17-14(10-22-15)16(7-8-16)9-11-3-5-12(6-4-11)18(19)20/h2-6,14,21H,7-10H2,1H3/b13-2-. The van der Waals surface area contributed by atoms with Gasteiger partial charge in [0.15, 0.2) is 0 Å². The summed E-state index contributed by atoms with van der Waals surface area (Å²) in [6.45, 7) is 1.97. The van der Waals surface area contributed by atoms with Crippen LogP contribution < -0.4 is 0 Å². The molecule has 1 aromatic carbocycles. The summed E-state index contributed by atoms with van der Waals surface area (Å²) in [5.74, 6) is 1.01. The lowest BCUT2D eigenvalue weighted by molar-refractivity contribution is -0.384. The molecule has 1 fully saturated rings. The molecule has 1 aromatic rings. The molecular weight excluding hydrogens is 316 g/mol. The molecule has 1 aliphatic carbocycles. The topological polar surface area (TPSA) is 55.5 Å². The largest absolute Gasteiger partial charge is 0.272 e. The second-order valence-corrected chi connectivity index (χ2v) is 7.39. The smallest absolute Gasteiger partial charge is 0.269 e. The van der Waals surface area contributed by atoms with Gasteiger partial charge in [0.05, 0.1) is 11.0 Å². The van der Waals surface area contributed by atoms with Crippen LogP contribution in [0.1, 0.15) is 25.3 Å². The first-order valence-electron chi connectivity index (χ1n) is 7.34. The van der Waals surface area contributed by atoms with Gasteiger partial charge in [-0.15, -0.1) is 24.4 Å². The molecule has 4 nitrogen and oxygen atoms in total. The van der Waals surface area contributed by atoms with E-state index in [0.717, 1.165) is 27.7 Å². The molecular formula is C16H18N2O2S2. The fraction of sp³-hybridized carbons (Fsp3) is 0.438. The number of nitro groups is 1. The molecule has 1 aliphatic heterocycles. The Balaban J connectivity index is 1.72. The first-order valence-corrected chi connectivity index (χ1v) is 8.77. The molecule has 1 heterocycles. The minimum Gasteiger partial charge on any atom is -0.272 e. The van der Waals surface area contributed by atoms with Gasteiger partial charge in [0.2, 0.25) is 0 Å². The van der Waals surface area contributed by atoms with Crippen molar-refractivity contribution in [2.45, 2.75) is 32.2 Å². The van der Waals surface area contributed by atoms with Crippen LogP contribution in [0.2, 0.25) is 0 Å². The Kier molecular flexibility index (Phi) is 4.32. The summed E-state index contributed by atoms with van der Waals surface area (Å²) in [5.41, 5.74) is 1.55. The monoisotopic (exact) mass is 334 g/mol. The van der Waals surface area contributed by atoms with Gasteiger partial charge in [-0.2, -0.15) is 0 Å². The number of nitrogens with zero attached hydrogens (tertiary/aromatic N) is 2. The van der Waals surface area contributed by atoms with Gasteiger partial charge >= 0.3 is 0 Å². The number of thiol groups is 1. The van der Waals surface area contributed by atoms with E-state index in [1.165, 1.54) is 12.8 Å². The van der Waals surface area contributed by atoms with Crippen molar-refractivity contribution in [3.63, 3.8) is 0 Å². The average molecular weight is 334 g/mol. The third-order valence-corrected chi connectivity index (χ3v) is 6.15. The summed E-state index contributed by atoms with van der Waals surface area (Å²) >= 11 is 6.24. The van der Waals surface area contributed by atoms with E-state index in [1.807, 2.05) is 25.1 Å². The van der Waals surface area contributed by atoms with Crippen molar-refractivity contribution in [2.75, 3.05) is 5.75 Å². The Labute approximate surface area is 139 Å². The van der Waals surface area contributed by atoms with Gasteiger partial charge in [0.1, 0.15) is 5.04 Å². The second-order valence-electron chi connectivity index (χ2n) is 5.90. The number of thioether (sulfide) groups is 1. The molecule has 116 valence electrons. The Morgan fingerprint density at radius 3 is 2.73 bits per heavy atom. The lowest BCUT2D eigenvalue weighted by atomic mass is 9.90. The van der Waals surface area contributed by atoms with Crippen molar-refractivity contribution >= 4 is 35.1 Å². The van der Waals surface area contributed by atoms with Gasteiger partial charge in [-0.05, 0) is 37.2 Å². The van der Waals surface area contributed by atoms with Crippen LogP contribution in [0.25, 0.3) is 0 Å². The maximum atomic E-state index is 10.7. The van der Waals surface area contributed by atoms with E-state index in [1.54, 1.807) is 23.9 Å². The van der Waals surface area contributed by atoms with Crippen LogP contribution >= 0.6 is 24.4 Å². The van der Waals surface area contributed by atoms with Crippen LogP contribution in [0, 0.1) is 15.5 Å². The maximum Gasteiger partial charge on any atom is 0.269 e. The quantitative estimate of drug-likeness (QED) is 0.497. The third kappa shape index (κ3) is 3.08. The molecule has 2 aliphatic rings. The van der Waals surface area contributed by atoms with Crippen LogP contribution in [0.4, 0.5) is 5.69 Å². The minimum absolute atomic E-state index is 0.151. The predicted octanol–water partition coefficient (Wildman–Crippen LogP) is 4.27. The molecule has 0 amide bonds. The van der Waals surface area contributed by atoms with E-state index in [0.29, 0.717) is 6.04 Å². The fourth-order valence-electron chi connectivity index (χ4n) is 2.88. The zero-order valence-corrected chi connectivity index (χ0v) is 14.1. The van der Waals surface area contributed by atoms with Crippen molar-refractivity contribution in [2.24, 2.45) is 10.4 Å². The van der Waals surface area contributed by atoms with Crippen LogP contribution in [0.3, 0.4) is 0 Å².